The largest absolute Gasteiger partial charge is 0.393 e. The van der Waals surface area contributed by atoms with Crippen molar-refractivity contribution in [1.29, 1.82) is 0 Å². The van der Waals surface area contributed by atoms with Gasteiger partial charge in [0.1, 0.15) is 17.0 Å². The number of rotatable bonds is 5. The molecule has 2 aromatic heterocycles. The molecule has 0 amide bonds. The zero-order chi connectivity index (χ0) is 23.4. The van der Waals surface area contributed by atoms with Gasteiger partial charge in [-0.15, -0.1) is 11.3 Å². The molecule has 2 aromatic rings. The number of anilines is 1. The van der Waals surface area contributed by atoms with Crippen molar-refractivity contribution >= 4 is 27.4 Å². The van der Waals surface area contributed by atoms with Crippen molar-refractivity contribution in [3.8, 4) is 0 Å². The van der Waals surface area contributed by atoms with E-state index in [-0.39, 0.29) is 5.41 Å². The van der Waals surface area contributed by atoms with Gasteiger partial charge in [0.25, 0.3) is 0 Å². The molecule has 3 aliphatic heterocycles. The van der Waals surface area contributed by atoms with E-state index in [4.69, 9.17) is 4.74 Å². The molecule has 3 fully saturated rings. The average molecular weight is 483 g/mol. The van der Waals surface area contributed by atoms with Crippen LogP contribution in [0.5, 0.6) is 0 Å². The van der Waals surface area contributed by atoms with Crippen molar-refractivity contribution in [1.82, 2.24) is 14.9 Å². The van der Waals surface area contributed by atoms with Crippen molar-refractivity contribution in [3.05, 3.63) is 17.3 Å². The molecule has 182 valence electrons. The Labute approximate surface area is 197 Å². The summed E-state index contributed by atoms with van der Waals surface area (Å²) in [5.41, 5.74) is 0.262. The van der Waals surface area contributed by atoms with E-state index in [9.17, 15) is 13.2 Å². The van der Waals surface area contributed by atoms with E-state index < -0.39 is 12.6 Å². The molecular formula is C24H33F3N4OS. The van der Waals surface area contributed by atoms with Gasteiger partial charge in [-0.05, 0) is 51.5 Å². The summed E-state index contributed by atoms with van der Waals surface area (Å²) in [6, 6.07) is 2.24. The molecule has 3 atom stereocenters. The van der Waals surface area contributed by atoms with Crippen LogP contribution in [-0.2, 0) is 11.2 Å². The second-order valence-electron chi connectivity index (χ2n) is 10.5. The first-order chi connectivity index (χ1) is 15.6. The third kappa shape index (κ3) is 4.73. The number of aromatic nitrogens is 2. The zero-order valence-corrected chi connectivity index (χ0v) is 20.4. The Balaban J connectivity index is 1.26. The number of nitrogens with zero attached hydrogens (tertiary/aromatic N) is 4. The van der Waals surface area contributed by atoms with Gasteiger partial charge in [0.05, 0.1) is 24.0 Å². The highest BCUT2D eigenvalue weighted by molar-refractivity contribution is 7.18. The van der Waals surface area contributed by atoms with Gasteiger partial charge in [0.2, 0.25) is 0 Å². The molecule has 1 spiro atoms. The standard InChI is InChI=1S/C24H33F3N4OS/c1-4-20(17-7-15(2)32-16(3)8-17)31-12-23(13-31)5-6-30(11-23)21-19-9-18(10-24(25,26)27)33-22(19)29-14-28-21/h9,14-17,20H,4-8,10-13H2,1-3H3. The van der Waals surface area contributed by atoms with Crippen LogP contribution >= 0.6 is 11.3 Å². The average Bonchev–Trinajstić information content (AvgIpc) is 3.30. The molecule has 5 heterocycles. The van der Waals surface area contributed by atoms with Gasteiger partial charge in [-0.3, -0.25) is 4.90 Å². The first-order valence-corrected chi connectivity index (χ1v) is 12.9. The van der Waals surface area contributed by atoms with Gasteiger partial charge in [0.15, 0.2) is 0 Å². The second-order valence-corrected chi connectivity index (χ2v) is 11.6. The minimum absolute atomic E-state index is 0.262. The highest BCUT2D eigenvalue weighted by Crippen LogP contribution is 2.45. The Kier molecular flexibility index (Phi) is 6.10. The van der Waals surface area contributed by atoms with Crippen LogP contribution < -0.4 is 4.90 Å². The van der Waals surface area contributed by atoms with Crippen molar-refractivity contribution in [2.24, 2.45) is 11.3 Å². The quantitative estimate of drug-likeness (QED) is 0.579. The molecule has 3 unspecified atom stereocenters. The van der Waals surface area contributed by atoms with Crippen LogP contribution in [0.25, 0.3) is 10.2 Å². The lowest BCUT2D eigenvalue weighted by atomic mass is 9.74. The van der Waals surface area contributed by atoms with Gasteiger partial charge in [0, 0.05) is 42.5 Å². The number of alkyl halides is 3. The molecule has 3 saturated heterocycles. The van der Waals surface area contributed by atoms with Gasteiger partial charge < -0.3 is 9.64 Å². The number of ether oxygens (including phenoxy) is 1. The van der Waals surface area contributed by atoms with Crippen LogP contribution in [0.15, 0.2) is 12.4 Å². The summed E-state index contributed by atoms with van der Waals surface area (Å²) >= 11 is 1.12. The summed E-state index contributed by atoms with van der Waals surface area (Å²) in [7, 11) is 0. The van der Waals surface area contributed by atoms with E-state index in [0.717, 1.165) is 74.4 Å². The van der Waals surface area contributed by atoms with E-state index >= 15 is 0 Å². The lowest BCUT2D eigenvalue weighted by Gasteiger charge is -2.54. The summed E-state index contributed by atoms with van der Waals surface area (Å²) < 4.78 is 44.6. The number of hydrogen-bond donors (Lipinski definition) is 0. The fraction of sp³-hybridized carbons (Fsp3) is 0.750. The normalized spacial score (nSPS) is 29.0. The fourth-order valence-electron chi connectivity index (χ4n) is 6.51. The van der Waals surface area contributed by atoms with E-state index in [2.05, 4.69) is 40.5 Å². The minimum Gasteiger partial charge on any atom is -0.376 e. The summed E-state index contributed by atoms with van der Waals surface area (Å²) in [5.74, 6) is 1.47. The third-order valence-corrected chi connectivity index (χ3v) is 8.76. The van der Waals surface area contributed by atoms with Gasteiger partial charge in [-0.2, -0.15) is 13.2 Å². The van der Waals surface area contributed by atoms with Gasteiger partial charge in [-0.25, -0.2) is 9.97 Å². The molecule has 33 heavy (non-hydrogen) atoms. The Bertz CT molecular complexity index is 980. The number of likely N-dealkylation sites (tertiary alicyclic amines) is 1. The number of fused-ring (bicyclic) bond motifs is 1. The molecule has 0 aliphatic carbocycles. The van der Waals surface area contributed by atoms with Crippen LogP contribution in [0.4, 0.5) is 19.0 Å². The second kappa shape index (κ2) is 8.64. The lowest BCUT2D eigenvalue weighted by molar-refractivity contribution is -0.126. The molecule has 0 aromatic carbocycles. The molecule has 0 bridgehead atoms. The minimum atomic E-state index is -4.21. The van der Waals surface area contributed by atoms with Crippen molar-refractivity contribution in [3.63, 3.8) is 0 Å². The SMILES string of the molecule is CCC(C1CC(C)OC(C)C1)N1CC2(CCN(c3ncnc4sc(CC(F)(F)F)cc34)C2)C1. The fourth-order valence-corrected chi connectivity index (χ4v) is 7.53. The Morgan fingerprint density at radius 2 is 1.91 bits per heavy atom. The number of halogens is 3. The highest BCUT2D eigenvalue weighted by Gasteiger charge is 2.51. The highest BCUT2D eigenvalue weighted by atomic mass is 32.1. The Morgan fingerprint density at radius 3 is 2.58 bits per heavy atom. The first-order valence-electron chi connectivity index (χ1n) is 12.1. The molecule has 0 N–H and O–H groups in total. The maximum Gasteiger partial charge on any atom is 0.393 e. The third-order valence-electron chi connectivity index (χ3n) is 7.71. The summed E-state index contributed by atoms with van der Waals surface area (Å²) in [5, 5.41) is 0.756. The maximum absolute atomic E-state index is 12.9. The van der Waals surface area contributed by atoms with E-state index in [0.29, 0.717) is 33.9 Å². The Morgan fingerprint density at radius 1 is 1.18 bits per heavy atom. The number of hydrogen-bond acceptors (Lipinski definition) is 6. The van der Waals surface area contributed by atoms with Gasteiger partial charge >= 0.3 is 6.18 Å². The lowest BCUT2D eigenvalue weighted by Crippen LogP contribution is -2.62. The van der Waals surface area contributed by atoms with Crippen LogP contribution in [0.2, 0.25) is 0 Å². The van der Waals surface area contributed by atoms with Gasteiger partial charge in [-0.1, -0.05) is 6.92 Å². The zero-order valence-electron chi connectivity index (χ0n) is 19.6. The van der Waals surface area contributed by atoms with Crippen LogP contribution in [0.1, 0.15) is 51.3 Å². The summed E-state index contributed by atoms with van der Waals surface area (Å²) in [6.45, 7) is 10.7. The summed E-state index contributed by atoms with van der Waals surface area (Å²) in [6.07, 6.45) is 1.57. The van der Waals surface area contributed by atoms with Crippen LogP contribution in [0.3, 0.4) is 0 Å². The monoisotopic (exact) mass is 482 g/mol. The van der Waals surface area contributed by atoms with Crippen molar-refractivity contribution < 1.29 is 17.9 Å². The smallest absolute Gasteiger partial charge is 0.376 e. The molecule has 5 rings (SSSR count). The molecule has 3 aliphatic rings. The maximum atomic E-state index is 12.9. The molecular weight excluding hydrogens is 449 g/mol. The van der Waals surface area contributed by atoms with E-state index in [1.54, 1.807) is 6.07 Å². The number of thiophene rings is 1. The Hall–Kier alpha value is -1.45. The van der Waals surface area contributed by atoms with E-state index in [1.165, 1.54) is 6.33 Å². The molecule has 0 saturated carbocycles. The topological polar surface area (TPSA) is 41.5 Å². The van der Waals surface area contributed by atoms with E-state index in [1.807, 2.05) is 0 Å². The van der Waals surface area contributed by atoms with Crippen molar-refractivity contribution in [2.45, 2.75) is 77.3 Å². The molecule has 5 nitrogen and oxygen atoms in total. The molecule has 0 radical (unpaired) electrons. The summed E-state index contributed by atoms with van der Waals surface area (Å²) in [4.78, 5) is 14.6. The van der Waals surface area contributed by atoms with Crippen LogP contribution in [-0.4, -0.2) is 65.5 Å². The predicted octanol–water partition coefficient (Wildman–Crippen LogP) is 5.29. The van der Waals surface area contributed by atoms with Crippen molar-refractivity contribution in [2.75, 3.05) is 31.1 Å². The first kappa shape index (κ1) is 23.3. The van der Waals surface area contributed by atoms with Crippen LogP contribution in [0, 0.1) is 11.3 Å². The molecule has 9 heteroatoms. The predicted molar refractivity (Wildman–Crippen MR) is 125 cm³/mol.